The van der Waals surface area contributed by atoms with Crippen LogP contribution in [0.25, 0.3) is 33.4 Å². The molecule has 0 fully saturated rings. The van der Waals surface area contributed by atoms with Crippen LogP contribution in [-0.2, 0) is 10.8 Å². The van der Waals surface area contributed by atoms with Crippen molar-refractivity contribution >= 4 is 57.2 Å². The largest absolute Gasteiger partial charge is 0.311 e. The fourth-order valence-electron chi connectivity index (χ4n) is 10.2. The molecule has 2 aliphatic rings. The molecule has 0 aliphatic carbocycles. The molecule has 304 valence electrons. The molecule has 0 saturated carbocycles. The monoisotopic (exact) mass is 802 g/mol. The molecule has 2 heterocycles. The van der Waals surface area contributed by atoms with Gasteiger partial charge in [-0.1, -0.05) is 168 Å². The Morgan fingerprint density at radius 2 is 0.790 bits per heavy atom. The van der Waals surface area contributed by atoms with Crippen LogP contribution in [0.4, 0.5) is 34.1 Å². The van der Waals surface area contributed by atoms with Gasteiger partial charge < -0.3 is 9.80 Å². The topological polar surface area (TPSA) is 6.48 Å². The Hall–Kier alpha value is -6.58. The van der Waals surface area contributed by atoms with Gasteiger partial charge in [0.05, 0.1) is 0 Å². The summed E-state index contributed by atoms with van der Waals surface area (Å²) < 4.78 is 0. The Morgan fingerprint density at radius 3 is 1.21 bits per heavy atom. The summed E-state index contributed by atoms with van der Waals surface area (Å²) in [7, 11) is 0. The quantitative estimate of drug-likeness (QED) is 0.160. The molecule has 10 rings (SSSR count). The Morgan fingerprint density at radius 1 is 0.371 bits per heavy atom. The maximum Gasteiger partial charge on any atom is 0.252 e. The first-order valence-electron chi connectivity index (χ1n) is 22.2. The molecule has 0 unspecified atom stereocenters. The van der Waals surface area contributed by atoms with Gasteiger partial charge in [0.15, 0.2) is 0 Å². The minimum Gasteiger partial charge on any atom is -0.311 e. The van der Waals surface area contributed by atoms with E-state index in [1.54, 1.807) is 0 Å². The minimum absolute atomic E-state index is 0.00185. The predicted octanol–water partition coefficient (Wildman–Crippen LogP) is 14.3. The number of nitrogens with zero attached hydrogens (tertiary/aromatic N) is 2. The highest BCUT2D eigenvalue weighted by Crippen LogP contribution is 2.48. The Balaban J connectivity index is 1.35. The summed E-state index contributed by atoms with van der Waals surface area (Å²) >= 11 is 0. The molecule has 0 radical (unpaired) electrons. The lowest BCUT2D eigenvalue weighted by Gasteiger charge is -2.45. The summed E-state index contributed by atoms with van der Waals surface area (Å²) in [6.07, 6.45) is 0. The lowest BCUT2D eigenvalue weighted by molar-refractivity contribution is 0.590. The molecule has 8 aromatic carbocycles. The number of hydrogen-bond acceptors (Lipinski definition) is 2. The normalized spacial score (nSPS) is 13.1. The van der Waals surface area contributed by atoms with E-state index in [1.807, 2.05) is 0 Å². The van der Waals surface area contributed by atoms with Gasteiger partial charge in [-0.15, -0.1) is 0 Å². The second-order valence-electron chi connectivity index (χ2n) is 19.7. The summed E-state index contributed by atoms with van der Waals surface area (Å²) in [5, 5.41) is 0. The van der Waals surface area contributed by atoms with Gasteiger partial charge in [0, 0.05) is 34.1 Å². The van der Waals surface area contributed by atoms with Crippen molar-refractivity contribution in [1.82, 2.24) is 0 Å². The van der Waals surface area contributed by atoms with E-state index in [1.165, 1.54) is 112 Å². The van der Waals surface area contributed by atoms with E-state index >= 15 is 0 Å². The molecule has 2 nitrogen and oxygen atoms in total. The predicted molar refractivity (Wildman–Crippen MR) is 268 cm³/mol. The lowest BCUT2D eigenvalue weighted by atomic mass is 9.33. The van der Waals surface area contributed by atoms with Crippen molar-refractivity contribution in [2.75, 3.05) is 9.80 Å². The first-order chi connectivity index (χ1) is 29.7. The van der Waals surface area contributed by atoms with Gasteiger partial charge in [0.2, 0.25) is 0 Å². The molecule has 62 heavy (non-hydrogen) atoms. The molecule has 0 bridgehead atoms. The van der Waals surface area contributed by atoms with Gasteiger partial charge in [-0.25, -0.2) is 0 Å². The van der Waals surface area contributed by atoms with Crippen molar-refractivity contribution in [1.29, 1.82) is 0 Å². The number of rotatable bonds is 5. The average molecular weight is 803 g/mol. The van der Waals surface area contributed by atoms with Gasteiger partial charge >= 0.3 is 0 Å². The van der Waals surface area contributed by atoms with Crippen LogP contribution < -0.4 is 26.2 Å². The molecule has 0 N–H and O–H groups in total. The maximum absolute atomic E-state index is 2.59. The van der Waals surface area contributed by atoms with Crippen molar-refractivity contribution < 1.29 is 0 Å². The molecule has 3 heteroatoms. The molecule has 0 amide bonds. The third-order valence-electron chi connectivity index (χ3n) is 13.2. The number of fused-ring (bicyclic) bond motifs is 4. The van der Waals surface area contributed by atoms with Gasteiger partial charge in [0.25, 0.3) is 6.71 Å². The van der Waals surface area contributed by atoms with Crippen LogP contribution in [0, 0.1) is 20.8 Å². The molecule has 0 atom stereocenters. The van der Waals surface area contributed by atoms with Crippen LogP contribution >= 0.6 is 0 Å². The molecule has 8 aromatic rings. The Labute approximate surface area is 369 Å². The van der Waals surface area contributed by atoms with E-state index in [2.05, 4.69) is 242 Å². The molecule has 0 saturated heterocycles. The van der Waals surface area contributed by atoms with Gasteiger partial charge in [-0.05, 0) is 152 Å². The Bertz CT molecular complexity index is 2820. The van der Waals surface area contributed by atoms with Crippen molar-refractivity contribution in [3.63, 3.8) is 0 Å². The van der Waals surface area contributed by atoms with Crippen molar-refractivity contribution in [2.24, 2.45) is 0 Å². The van der Waals surface area contributed by atoms with E-state index in [0.29, 0.717) is 0 Å². The highest BCUT2D eigenvalue weighted by Gasteiger charge is 2.44. The van der Waals surface area contributed by atoms with Crippen molar-refractivity contribution in [3.05, 3.63) is 198 Å². The minimum atomic E-state index is -0.0231. The first kappa shape index (κ1) is 39.6. The summed E-state index contributed by atoms with van der Waals surface area (Å²) in [5.41, 5.74) is 25.0. The smallest absolute Gasteiger partial charge is 0.252 e. The fraction of sp³-hybridized carbons (Fsp3) is 0.186. The summed E-state index contributed by atoms with van der Waals surface area (Å²) in [4.78, 5) is 5.17. The fourth-order valence-corrected chi connectivity index (χ4v) is 10.2. The number of anilines is 6. The molecule has 2 aliphatic heterocycles. The second-order valence-corrected chi connectivity index (χ2v) is 19.7. The molecular weight excluding hydrogens is 747 g/mol. The molecule has 0 aromatic heterocycles. The summed E-state index contributed by atoms with van der Waals surface area (Å²) in [5.74, 6) is 0. The Kier molecular flexibility index (Phi) is 9.45. The zero-order valence-corrected chi connectivity index (χ0v) is 37.6. The third-order valence-corrected chi connectivity index (χ3v) is 13.2. The van der Waals surface area contributed by atoms with Crippen LogP contribution in [0.1, 0.15) is 69.4 Å². The van der Waals surface area contributed by atoms with Crippen LogP contribution in [0.2, 0.25) is 0 Å². The van der Waals surface area contributed by atoms with Crippen LogP contribution in [0.15, 0.2) is 170 Å². The maximum atomic E-state index is 2.59. The second kappa shape index (κ2) is 14.8. The van der Waals surface area contributed by atoms with Crippen LogP contribution in [0.3, 0.4) is 0 Å². The van der Waals surface area contributed by atoms with Crippen molar-refractivity contribution in [3.8, 4) is 33.4 Å². The zero-order chi connectivity index (χ0) is 43.1. The van der Waals surface area contributed by atoms with Crippen LogP contribution in [0.5, 0.6) is 0 Å². The standard InChI is InChI=1S/C59H55BN2/c1-38-30-39(2)56(40(3)31-38)45-34-54-57-55(35-45)62(49-25-17-23-47(37-49)59(7,8)9)53-33-44(42-20-14-11-15-21-42)27-29-51(53)60(57)50-28-26-43(41-18-12-10-13-19-41)32-52(50)61(54)48-24-16-22-46(36-48)58(4,5)6/h10-37H,1-9H3. The van der Waals surface area contributed by atoms with Gasteiger partial charge in [-0.3, -0.25) is 0 Å². The summed E-state index contributed by atoms with van der Waals surface area (Å²) in [6, 6.07) is 64.3. The molecule has 0 spiro atoms. The lowest BCUT2D eigenvalue weighted by Crippen LogP contribution is -2.61. The van der Waals surface area contributed by atoms with Gasteiger partial charge in [-0.2, -0.15) is 0 Å². The van der Waals surface area contributed by atoms with E-state index in [0.717, 1.165) is 0 Å². The number of benzene rings is 8. The molecular formula is C59H55BN2. The highest BCUT2D eigenvalue weighted by atomic mass is 15.2. The SMILES string of the molecule is Cc1cc(C)c(-c2cc3c4c(c2)N(c2cccc(C(C)(C)C)c2)c2cc(-c5ccccc5)ccc2B4c2ccc(-c4ccccc4)cc2N3c2cccc(C(C)(C)C)c2)c(C)c1. The van der Waals surface area contributed by atoms with E-state index in [9.17, 15) is 0 Å². The highest BCUT2D eigenvalue weighted by molar-refractivity contribution is 7.00. The van der Waals surface area contributed by atoms with Crippen LogP contribution in [-0.4, -0.2) is 6.71 Å². The van der Waals surface area contributed by atoms with E-state index in [4.69, 9.17) is 0 Å². The van der Waals surface area contributed by atoms with E-state index in [-0.39, 0.29) is 17.5 Å². The number of hydrogen-bond donors (Lipinski definition) is 0. The third kappa shape index (κ3) is 6.76. The average Bonchev–Trinajstić information content (AvgIpc) is 3.25. The van der Waals surface area contributed by atoms with Gasteiger partial charge in [0.1, 0.15) is 0 Å². The first-order valence-corrected chi connectivity index (χ1v) is 22.2. The van der Waals surface area contributed by atoms with E-state index < -0.39 is 0 Å². The number of aryl methyl sites for hydroxylation is 3. The zero-order valence-electron chi connectivity index (χ0n) is 37.6. The summed E-state index contributed by atoms with van der Waals surface area (Å²) in [6.45, 7) is 20.7. The van der Waals surface area contributed by atoms with Crippen molar-refractivity contribution in [2.45, 2.75) is 73.1 Å².